The summed E-state index contributed by atoms with van der Waals surface area (Å²) in [7, 11) is 0. The predicted molar refractivity (Wildman–Crippen MR) is 40.7 cm³/mol. The quantitative estimate of drug-likeness (QED) is 0.557. The van der Waals surface area contributed by atoms with Crippen molar-refractivity contribution >= 4 is 17.5 Å². The molecule has 0 unspecified atom stereocenters. The lowest BCUT2D eigenvalue weighted by molar-refractivity contribution is -0.122. The van der Waals surface area contributed by atoms with E-state index in [0.29, 0.717) is 11.7 Å². The molecule has 0 bridgehead atoms. The first kappa shape index (κ1) is 7.13. The fourth-order valence-corrected chi connectivity index (χ4v) is 2.26. The van der Waals surface area contributed by atoms with Crippen molar-refractivity contribution in [1.29, 1.82) is 0 Å². The van der Waals surface area contributed by atoms with Crippen LogP contribution in [0.25, 0.3) is 0 Å². The Morgan fingerprint density at radius 2 is 2.56 bits per heavy atom. The van der Waals surface area contributed by atoms with Crippen LogP contribution in [0.15, 0.2) is 0 Å². The number of thioether (sulfide) groups is 1. The van der Waals surface area contributed by atoms with Crippen LogP contribution in [-0.4, -0.2) is 17.3 Å². The summed E-state index contributed by atoms with van der Waals surface area (Å²) in [4.78, 5) is 11.0. The molecule has 1 atom stereocenters. The van der Waals surface area contributed by atoms with Gasteiger partial charge in [0.25, 0.3) is 0 Å². The molecular weight excluding hydrogens is 132 g/mol. The zero-order valence-corrected chi connectivity index (χ0v) is 6.54. The normalized spacial score (nSPS) is 28.6. The Balaban J connectivity index is 2.39. The number of hydrogen-bond acceptors (Lipinski definition) is 2. The minimum atomic E-state index is 0.378. The van der Waals surface area contributed by atoms with Crippen LogP contribution in [-0.2, 0) is 4.79 Å². The van der Waals surface area contributed by atoms with Crippen molar-refractivity contribution in [3.05, 3.63) is 0 Å². The van der Waals surface area contributed by atoms with E-state index in [9.17, 15) is 4.79 Å². The molecule has 0 saturated carbocycles. The van der Waals surface area contributed by atoms with Crippen molar-refractivity contribution < 1.29 is 4.79 Å². The van der Waals surface area contributed by atoms with Gasteiger partial charge in [-0.3, -0.25) is 4.79 Å². The van der Waals surface area contributed by atoms with E-state index in [-0.39, 0.29) is 0 Å². The molecule has 1 aliphatic heterocycles. The lowest BCUT2D eigenvalue weighted by Gasteiger charge is -2.17. The van der Waals surface area contributed by atoms with Crippen LogP contribution >= 0.6 is 11.8 Å². The first-order valence-electron chi connectivity index (χ1n) is 3.45. The van der Waals surface area contributed by atoms with E-state index in [2.05, 4.69) is 6.92 Å². The molecule has 0 amide bonds. The van der Waals surface area contributed by atoms with Crippen LogP contribution in [0.1, 0.15) is 19.8 Å². The van der Waals surface area contributed by atoms with Crippen LogP contribution in [0.5, 0.6) is 0 Å². The van der Waals surface area contributed by atoms with Gasteiger partial charge in [0, 0.05) is 23.8 Å². The number of rotatable bonds is 1. The average Bonchev–Trinajstić information content (AvgIpc) is 1.89. The lowest BCUT2D eigenvalue weighted by Crippen LogP contribution is -2.21. The molecule has 0 aromatic carbocycles. The van der Waals surface area contributed by atoms with Gasteiger partial charge in [-0.1, -0.05) is 6.92 Å². The van der Waals surface area contributed by atoms with Gasteiger partial charge in [0.1, 0.15) is 5.78 Å². The van der Waals surface area contributed by atoms with E-state index in [4.69, 9.17) is 0 Å². The fraction of sp³-hybridized carbons (Fsp3) is 0.857. The Morgan fingerprint density at radius 1 is 1.78 bits per heavy atom. The molecule has 1 heterocycles. The van der Waals surface area contributed by atoms with Crippen molar-refractivity contribution in [3.8, 4) is 0 Å². The Hall–Kier alpha value is 0.0200. The monoisotopic (exact) mass is 144 g/mol. The van der Waals surface area contributed by atoms with Crippen molar-refractivity contribution in [1.82, 2.24) is 0 Å². The molecule has 0 aliphatic carbocycles. The Kier molecular flexibility index (Phi) is 2.58. The maximum absolute atomic E-state index is 11.0. The summed E-state index contributed by atoms with van der Waals surface area (Å²) in [6.45, 7) is 2.09. The van der Waals surface area contributed by atoms with Gasteiger partial charge in [0.05, 0.1) is 0 Å². The van der Waals surface area contributed by atoms with Crippen LogP contribution in [0, 0.1) is 5.92 Å². The summed E-state index contributed by atoms with van der Waals surface area (Å²) in [6.07, 6.45) is 1.84. The molecule has 1 rings (SSSR count). The van der Waals surface area contributed by atoms with Gasteiger partial charge in [-0.2, -0.15) is 11.8 Å². The molecule has 1 nitrogen and oxygen atoms in total. The summed E-state index contributed by atoms with van der Waals surface area (Å²) < 4.78 is 0. The van der Waals surface area contributed by atoms with Crippen LogP contribution in [0.2, 0.25) is 0 Å². The average molecular weight is 144 g/mol. The van der Waals surface area contributed by atoms with Crippen molar-refractivity contribution in [2.75, 3.05) is 11.5 Å². The first-order chi connectivity index (χ1) is 4.34. The van der Waals surface area contributed by atoms with E-state index in [1.54, 1.807) is 0 Å². The van der Waals surface area contributed by atoms with E-state index in [1.165, 1.54) is 0 Å². The number of ketones is 1. The lowest BCUT2D eigenvalue weighted by atomic mass is 10.0. The third-order valence-corrected chi connectivity index (χ3v) is 2.89. The van der Waals surface area contributed by atoms with Gasteiger partial charge in [0.15, 0.2) is 0 Å². The summed E-state index contributed by atoms with van der Waals surface area (Å²) >= 11 is 1.91. The number of carbonyl (C=O) groups is 1. The Labute approximate surface area is 60.2 Å². The highest BCUT2D eigenvalue weighted by molar-refractivity contribution is 7.99. The molecule has 52 valence electrons. The largest absolute Gasteiger partial charge is 0.299 e. The van der Waals surface area contributed by atoms with E-state index in [0.717, 1.165) is 24.3 Å². The highest BCUT2D eigenvalue weighted by Gasteiger charge is 2.19. The highest BCUT2D eigenvalue weighted by atomic mass is 32.2. The standard InChI is InChI=1S/C7H12OS/c1-2-6-5-9-4-3-7(6)8/h6H,2-5H2,1H3/t6-/m0/s1. The summed E-state index contributed by atoms with van der Waals surface area (Å²) in [5, 5.41) is 0. The molecule has 0 radical (unpaired) electrons. The van der Waals surface area contributed by atoms with Gasteiger partial charge >= 0.3 is 0 Å². The molecule has 0 spiro atoms. The molecule has 1 saturated heterocycles. The van der Waals surface area contributed by atoms with Crippen LogP contribution in [0.3, 0.4) is 0 Å². The summed E-state index contributed by atoms with van der Waals surface area (Å²) in [5.74, 6) is 2.98. The summed E-state index contributed by atoms with van der Waals surface area (Å²) in [5.41, 5.74) is 0. The fourth-order valence-electron chi connectivity index (χ4n) is 1.04. The molecule has 1 aliphatic rings. The smallest absolute Gasteiger partial charge is 0.137 e. The van der Waals surface area contributed by atoms with Crippen molar-refractivity contribution in [2.45, 2.75) is 19.8 Å². The molecular formula is C7H12OS. The maximum Gasteiger partial charge on any atom is 0.137 e. The minimum absolute atomic E-state index is 0.378. The van der Waals surface area contributed by atoms with Gasteiger partial charge in [-0.05, 0) is 6.42 Å². The second kappa shape index (κ2) is 3.25. The van der Waals surface area contributed by atoms with E-state index < -0.39 is 0 Å². The SMILES string of the molecule is CC[C@H]1CSCCC1=O. The van der Waals surface area contributed by atoms with Gasteiger partial charge in [-0.25, -0.2) is 0 Å². The second-order valence-electron chi connectivity index (χ2n) is 2.40. The van der Waals surface area contributed by atoms with E-state index in [1.807, 2.05) is 11.8 Å². The van der Waals surface area contributed by atoms with Gasteiger partial charge in [0.2, 0.25) is 0 Å². The molecule has 0 N–H and O–H groups in total. The molecule has 9 heavy (non-hydrogen) atoms. The number of carbonyl (C=O) groups excluding carboxylic acids is 1. The van der Waals surface area contributed by atoms with Crippen molar-refractivity contribution in [2.24, 2.45) is 5.92 Å². The van der Waals surface area contributed by atoms with E-state index >= 15 is 0 Å². The molecule has 1 fully saturated rings. The zero-order valence-electron chi connectivity index (χ0n) is 5.72. The third kappa shape index (κ3) is 1.71. The Morgan fingerprint density at radius 3 is 3.00 bits per heavy atom. The van der Waals surface area contributed by atoms with Gasteiger partial charge < -0.3 is 0 Å². The first-order valence-corrected chi connectivity index (χ1v) is 4.60. The third-order valence-electron chi connectivity index (χ3n) is 1.76. The van der Waals surface area contributed by atoms with Crippen LogP contribution in [0.4, 0.5) is 0 Å². The zero-order chi connectivity index (χ0) is 6.69. The molecule has 2 heteroatoms. The molecule has 0 aromatic heterocycles. The van der Waals surface area contributed by atoms with Crippen molar-refractivity contribution in [3.63, 3.8) is 0 Å². The number of Topliss-reactive ketones (excluding diaryl/α,β-unsaturated/α-hetero) is 1. The highest BCUT2D eigenvalue weighted by Crippen LogP contribution is 2.21. The predicted octanol–water partition coefficient (Wildman–Crippen LogP) is 1.72. The second-order valence-corrected chi connectivity index (χ2v) is 3.55. The minimum Gasteiger partial charge on any atom is -0.299 e. The molecule has 0 aromatic rings. The summed E-state index contributed by atoms with van der Waals surface area (Å²) in [6, 6.07) is 0. The van der Waals surface area contributed by atoms with Gasteiger partial charge in [-0.15, -0.1) is 0 Å². The van der Waals surface area contributed by atoms with Crippen LogP contribution < -0.4 is 0 Å². The Bertz CT molecular complexity index is 111. The topological polar surface area (TPSA) is 17.1 Å². The maximum atomic E-state index is 11.0. The number of hydrogen-bond donors (Lipinski definition) is 0.